The molecule has 0 aromatic carbocycles. The molecule has 1 aliphatic rings. The maximum Gasteiger partial charge on any atom is 0.343 e. The number of carbonyl (C=O) groups excluding carboxylic acids is 3. The predicted molar refractivity (Wildman–Crippen MR) is 42.0 cm³/mol. The van der Waals surface area contributed by atoms with Crippen molar-refractivity contribution >= 4 is 17.8 Å². The fourth-order valence-electron chi connectivity index (χ4n) is 0.767. The van der Waals surface area contributed by atoms with Gasteiger partial charge in [-0.2, -0.15) is 0 Å². The molecule has 0 unspecified atom stereocenters. The smallest absolute Gasteiger partial charge is 0.320 e. The van der Waals surface area contributed by atoms with Crippen LogP contribution in [0.1, 0.15) is 6.92 Å². The van der Waals surface area contributed by atoms with Crippen LogP contribution < -0.4 is 16.5 Å². The monoisotopic (exact) mass is 186 g/mol. The van der Waals surface area contributed by atoms with Crippen LogP contribution in [-0.2, 0) is 9.59 Å². The van der Waals surface area contributed by atoms with E-state index < -0.39 is 23.9 Å². The number of imide groups is 1. The van der Waals surface area contributed by atoms with E-state index in [0.717, 1.165) is 5.01 Å². The average Bonchev–Trinajstić information content (AvgIpc) is 2.30. The van der Waals surface area contributed by atoms with E-state index in [9.17, 15) is 14.4 Å². The standard InChI is InChI=1S/C6H10N4O3/c1-3(7)5(12)9-10-2-4(11)8-6(10)13/h3H,2,7H2,1H3,(H,9,12)(H,8,11,13)/t3-/m1/s1. The molecule has 7 heteroatoms. The molecule has 0 aromatic rings. The number of amides is 4. The molecule has 7 nitrogen and oxygen atoms in total. The zero-order valence-corrected chi connectivity index (χ0v) is 7.03. The van der Waals surface area contributed by atoms with Gasteiger partial charge in [0, 0.05) is 0 Å². The molecule has 1 saturated heterocycles. The van der Waals surface area contributed by atoms with Crippen LogP contribution >= 0.6 is 0 Å². The van der Waals surface area contributed by atoms with Gasteiger partial charge < -0.3 is 5.73 Å². The largest absolute Gasteiger partial charge is 0.343 e. The van der Waals surface area contributed by atoms with Gasteiger partial charge in [0.05, 0.1) is 6.04 Å². The fourth-order valence-corrected chi connectivity index (χ4v) is 0.767. The molecule has 0 bridgehead atoms. The second kappa shape index (κ2) is 3.40. The summed E-state index contributed by atoms with van der Waals surface area (Å²) >= 11 is 0. The molecule has 0 aliphatic carbocycles. The first kappa shape index (κ1) is 9.46. The van der Waals surface area contributed by atoms with E-state index in [-0.39, 0.29) is 6.54 Å². The van der Waals surface area contributed by atoms with Gasteiger partial charge in [-0.3, -0.25) is 20.3 Å². The Morgan fingerprint density at radius 1 is 1.69 bits per heavy atom. The van der Waals surface area contributed by atoms with Crippen molar-refractivity contribution in [2.24, 2.45) is 5.73 Å². The van der Waals surface area contributed by atoms with E-state index in [0.29, 0.717) is 0 Å². The Hall–Kier alpha value is -1.63. The molecular formula is C6H10N4O3. The van der Waals surface area contributed by atoms with Crippen molar-refractivity contribution in [3.63, 3.8) is 0 Å². The molecule has 1 fully saturated rings. The number of hydrogen-bond acceptors (Lipinski definition) is 4. The molecule has 4 N–H and O–H groups in total. The maximum atomic E-state index is 11.0. The van der Waals surface area contributed by atoms with Crippen LogP contribution in [0.5, 0.6) is 0 Å². The molecular weight excluding hydrogens is 176 g/mol. The quantitative estimate of drug-likeness (QED) is 0.430. The third-order valence-corrected chi connectivity index (χ3v) is 1.45. The van der Waals surface area contributed by atoms with Crippen LogP contribution in [0.2, 0.25) is 0 Å². The van der Waals surface area contributed by atoms with Crippen LogP contribution in [0, 0.1) is 0 Å². The number of hydrogen-bond donors (Lipinski definition) is 3. The first-order valence-corrected chi connectivity index (χ1v) is 3.68. The molecule has 0 saturated carbocycles. The first-order valence-electron chi connectivity index (χ1n) is 3.68. The molecule has 0 spiro atoms. The molecule has 0 radical (unpaired) electrons. The maximum absolute atomic E-state index is 11.0. The first-order chi connectivity index (χ1) is 6.00. The number of carbonyl (C=O) groups is 3. The van der Waals surface area contributed by atoms with Crippen molar-refractivity contribution in [3.05, 3.63) is 0 Å². The lowest BCUT2D eigenvalue weighted by Gasteiger charge is -2.15. The van der Waals surface area contributed by atoms with Gasteiger partial charge in [-0.15, -0.1) is 0 Å². The molecule has 4 amide bonds. The lowest BCUT2D eigenvalue weighted by atomic mass is 10.3. The van der Waals surface area contributed by atoms with Crippen LogP contribution in [0.3, 0.4) is 0 Å². The van der Waals surface area contributed by atoms with Crippen molar-refractivity contribution < 1.29 is 14.4 Å². The van der Waals surface area contributed by atoms with Crippen molar-refractivity contribution in [2.45, 2.75) is 13.0 Å². The van der Waals surface area contributed by atoms with Crippen LogP contribution in [0.15, 0.2) is 0 Å². The van der Waals surface area contributed by atoms with Crippen LogP contribution in [0.25, 0.3) is 0 Å². The summed E-state index contributed by atoms with van der Waals surface area (Å²) < 4.78 is 0. The Kier molecular flexibility index (Phi) is 2.47. The Bertz CT molecular complexity index is 263. The van der Waals surface area contributed by atoms with E-state index in [1.807, 2.05) is 5.32 Å². The van der Waals surface area contributed by atoms with Crippen molar-refractivity contribution in [1.29, 1.82) is 0 Å². The minimum absolute atomic E-state index is 0.169. The number of hydrazine groups is 1. The lowest BCUT2D eigenvalue weighted by molar-refractivity contribution is -0.126. The highest BCUT2D eigenvalue weighted by molar-refractivity contribution is 6.02. The summed E-state index contributed by atoms with van der Waals surface area (Å²) in [6.45, 7) is 1.31. The number of rotatable bonds is 2. The van der Waals surface area contributed by atoms with Gasteiger partial charge in [-0.25, -0.2) is 9.80 Å². The average molecular weight is 186 g/mol. The number of urea groups is 1. The Balaban J connectivity index is 2.51. The summed E-state index contributed by atoms with van der Waals surface area (Å²) in [5.74, 6) is -0.958. The molecule has 72 valence electrons. The highest BCUT2D eigenvalue weighted by Gasteiger charge is 2.28. The van der Waals surface area contributed by atoms with Gasteiger partial charge in [-0.05, 0) is 6.92 Å². The predicted octanol–water partition coefficient (Wildman–Crippen LogP) is -2.08. The minimum atomic E-state index is -0.719. The summed E-state index contributed by atoms with van der Waals surface area (Å²) in [6, 6.07) is -1.36. The van der Waals surface area contributed by atoms with Crippen LogP contribution in [-0.4, -0.2) is 35.4 Å². The summed E-state index contributed by atoms with van der Waals surface area (Å²) in [7, 11) is 0. The Morgan fingerprint density at radius 2 is 2.31 bits per heavy atom. The minimum Gasteiger partial charge on any atom is -0.320 e. The molecule has 1 heterocycles. The third-order valence-electron chi connectivity index (χ3n) is 1.45. The van der Waals surface area contributed by atoms with Crippen molar-refractivity contribution in [1.82, 2.24) is 15.8 Å². The van der Waals surface area contributed by atoms with E-state index in [1.54, 1.807) is 0 Å². The molecule has 1 atom stereocenters. The van der Waals surface area contributed by atoms with Gasteiger partial charge in [0.15, 0.2) is 0 Å². The van der Waals surface area contributed by atoms with Gasteiger partial charge in [0.1, 0.15) is 6.54 Å². The van der Waals surface area contributed by atoms with E-state index in [4.69, 9.17) is 5.73 Å². The van der Waals surface area contributed by atoms with Crippen LogP contribution in [0.4, 0.5) is 4.79 Å². The highest BCUT2D eigenvalue weighted by Crippen LogP contribution is 1.93. The summed E-state index contributed by atoms with van der Waals surface area (Å²) in [5.41, 5.74) is 7.43. The zero-order chi connectivity index (χ0) is 10.0. The third kappa shape index (κ3) is 2.15. The Morgan fingerprint density at radius 3 is 2.69 bits per heavy atom. The van der Waals surface area contributed by atoms with Crippen molar-refractivity contribution in [2.75, 3.05) is 6.54 Å². The van der Waals surface area contributed by atoms with Gasteiger partial charge in [0.25, 0.3) is 5.91 Å². The topological polar surface area (TPSA) is 105 Å². The molecule has 1 rings (SSSR count). The molecule has 0 aromatic heterocycles. The zero-order valence-electron chi connectivity index (χ0n) is 7.03. The number of nitrogens with two attached hydrogens (primary N) is 1. The number of nitrogens with zero attached hydrogens (tertiary/aromatic N) is 1. The summed E-state index contributed by atoms with van der Waals surface area (Å²) in [4.78, 5) is 32.5. The van der Waals surface area contributed by atoms with E-state index in [2.05, 4.69) is 5.43 Å². The Labute approximate surface area is 74.2 Å². The number of nitrogens with one attached hydrogen (secondary N) is 2. The lowest BCUT2D eigenvalue weighted by Crippen LogP contribution is -2.49. The van der Waals surface area contributed by atoms with E-state index in [1.165, 1.54) is 6.92 Å². The van der Waals surface area contributed by atoms with E-state index >= 15 is 0 Å². The SMILES string of the molecule is C[C@@H](N)C(=O)NN1CC(=O)NC1=O. The van der Waals surface area contributed by atoms with Gasteiger partial charge in [-0.1, -0.05) is 0 Å². The summed E-state index contributed by atoms with van der Waals surface area (Å²) in [5, 5.41) is 2.89. The summed E-state index contributed by atoms with van der Waals surface area (Å²) in [6.07, 6.45) is 0. The van der Waals surface area contributed by atoms with Gasteiger partial charge in [0.2, 0.25) is 5.91 Å². The second-order valence-corrected chi connectivity index (χ2v) is 2.70. The van der Waals surface area contributed by atoms with Gasteiger partial charge >= 0.3 is 6.03 Å². The molecule has 13 heavy (non-hydrogen) atoms. The molecule has 1 aliphatic heterocycles. The normalized spacial score (nSPS) is 18.5. The fraction of sp³-hybridized carbons (Fsp3) is 0.500. The van der Waals surface area contributed by atoms with Crippen molar-refractivity contribution in [3.8, 4) is 0 Å². The second-order valence-electron chi connectivity index (χ2n) is 2.70. The highest BCUT2D eigenvalue weighted by atomic mass is 16.2.